The van der Waals surface area contributed by atoms with Crippen molar-refractivity contribution in [2.24, 2.45) is 0 Å². The molecule has 2 heterocycles. The molecule has 1 amide bonds. The number of ether oxygens (including phenoxy) is 1. The summed E-state index contributed by atoms with van der Waals surface area (Å²) in [6, 6.07) is 13.1. The number of hydrogen-bond donors (Lipinski definition) is 3. The maximum absolute atomic E-state index is 12.7. The monoisotopic (exact) mass is 411 g/mol. The van der Waals surface area contributed by atoms with E-state index in [0.717, 1.165) is 16.2 Å². The van der Waals surface area contributed by atoms with E-state index in [1.54, 1.807) is 25.3 Å². The zero-order chi connectivity index (χ0) is 20.4. The van der Waals surface area contributed by atoms with Crippen LogP contribution in [0.5, 0.6) is 0 Å². The molecule has 0 aliphatic carbocycles. The second-order valence-electron chi connectivity index (χ2n) is 6.62. The minimum absolute atomic E-state index is 0.141. The number of carbonyl (C=O) groups excluding carboxylic acids is 1. The van der Waals surface area contributed by atoms with Crippen molar-refractivity contribution in [3.05, 3.63) is 52.9 Å². The van der Waals surface area contributed by atoms with Crippen molar-refractivity contribution in [2.75, 3.05) is 19.0 Å². The molecule has 4 rings (SSSR count). The van der Waals surface area contributed by atoms with Crippen LogP contribution in [0.25, 0.3) is 22.1 Å². The molecule has 0 bridgehead atoms. The quantitative estimate of drug-likeness (QED) is 0.406. The number of benzene rings is 2. The summed E-state index contributed by atoms with van der Waals surface area (Å²) in [6.45, 7) is 3.06. The van der Waals surface area contributed by atoms with E-state index in [2.05, 4.69) is 24.8 Å². The number of imidazole rings is 2. The van der Waals surface area contributed by atoms with Gasteiger partial charge < -0.3 is 24.6 Å². The Morgan fingerprint density at radius 2 is 2.03 bits per heavy atom. The summed E-state index contributed by atoms with van der Waals surface area (Å²) in [7, 11) is 1.66. The number of rotatable bonds is 7. The number of carbonyl (C=O) groups is 1. The summed E-state index contributed by atoms with van der Waals surface area (Å²) < 4.78 is 7.30. The Bertz CT molecular complexity index is 1230. The van der Waals surface area contributed by atoms with E-state index in [4.69, 9.17) is 4.74 Å². The molecule has 0 fully saturated rings. The predicted molar refractivity (Wildman–Crippen MR) is 114 cm³/mol. The molecule has 2 aromatic carbocycles. The summed E-state index contributed by atoms with van der Waals surface area (Å²) in [4.78, 5) is 34.2. The van der Waals surface area contributed by atoms with Crippen LogP contribution in [0.4, 0.5) is 5.69 Å². The van der Waals surface area contributed by atoms with Gasteiger partial charge in [0.25, 0.3) is 0 Å². The van der Waals surface area contributed by atoms with Crippen molar-refractivity contribution in [3.8, 4) is 0 Å². The van der Waals surface area contributed by atoms with Gasteiger partial charge in [0.05, 0.1) is 33.9 Å². The van der Waals surface area contributed by atoms with E-state index >= 15 is 0 Å². The summed E-state index contributed by atoms with van der Waals surface area (Å²) in [5, 5.41) is 3.31. The topological polar surface area (TPSA) is 105 Å². The second-order valence-corrected chi connectivity index (χ2v) is 7.92. The standard InChI is InChI=1S/C20H21N5O3S/c1-12(18(26)21-13-7-8-14-16(11-13)23-19(27)22-14)29-20-24-15-5-3-4-6-17(15)25(20)9-10-28-2/h3-8,11-12H,9-10H2,1-2H3,(H,21,26)(H2,22,23,27). The fourth-order valence-corrected chi connectivity index (χ4v) is 4.06. The van der Waals surface area contributed by atoms with Crippen LogP contribution in [-0.2, 0) is 16.1 Å². The third-order valence-corrected chi connectivity index (χ3v) is 5.66. The molecular formula is C20H21N5O3S. The van der Waals surface area contributed by atoms with Crippen LogP contribution >= 0.6 is 11.8 Å². The van der Waals surface area contributed by atoms with E-state index < -0.39 is 0 Å². The van der Waals surface area contributed by atoms with Gasteiger partial charge in [0.2, 0.25) is 5.91 Å². The Hall–Kier alpha value is -3.04. The van der Waals surface area contributed by atoms with Crippen LogP contribution in [0.2, 0.25) is 0 Å². The van der Waals surface area contributed by atoms with Crippen LogP contribution < -0.4 is 11.0 Å². The molecule has 2 aromatic heterocycles. The van der Waals surface area contributed by atoms with Crippen molar-refractivity contribution in [1.82, 2.24) is 19.5 Å². The van der Waals surface area contributed by atoms with E-state index in [-0.39, 0.29) is 16.8 Å². The minimum atomic E-state index is -0.367. The molecule has 0 saturated heterocycles. The molecule has 0 spiro atoms. The third kappa shape index (κ3) is 4.06. The van der Waals surface area contributed by atoms with Crippen molar-refractivity contribution in [2.45, 2.75) is 23.9 Å². The Morgan fingerprint density at radius 1 is 1.24 bits per heavy atom. The van der Waals surface area contributed by atoms with Crippen molar-refractivity contribution in [3.63, 3.8) is 0 Å². The number of H-pyrrole nitrogens is 2. The molecule has 3 N–H and O–H groups in total. The number of methoxy groups -OCH3 is 1. The number of anilines is 1. The van der Waals surface area contributed by atoms with Gasteiger partial charge in [0.15, 0.2) is 5.16 Å². The molecule has 0 aliphatic heterocycles. The van der Waals surface area contributed by atoms with Crippen LogP contribution in [0.15, 0.2) is 52.4 Å². The van der Waals surface area contributed by atoms with Gasteiger partial charge >= 0.3 is 5.69 Å². The van der Waals surface area contributed by atoms with Crippen LogP contribution in [0.1, 0.15) is 6.92 Å². The number of amides is 1. The van der Waals surface area contributed by atoms with Crippen LogP contribution in [0.3, 0.4) is 0 Å². The lowest BCUT2D eigenvalue weighted by atomic mass is 10.2. The SMILES string of the molecule is COCCn1c(SC(C)C(=O)Nc2ccc3[nH]c(=O)[nH]c3c2)nc2ccccc21. The summed E-state index contributed by atoms with van der Waals surface area (Å²) in [5.74, 6) is -0.141. The first-order valence-corrected chi connectivity index (χ1v) is 10.1. The smallest absolute Gasteiger partial charge is 0.323 e. The number of nitrogens with one attached hydrogen (secondary N) is 3. The van der Waals surface area contributed by atoms with Gasteiger partial charge in [-0.3, -0.25) is 4.79 Å². The lowest BCUT2D eigenvalue weighted by Crippen LogP contribution is -2.23. The second kappa shape index (κ2) is 8.14. The van der Waals surface area contributed by atoms with E-state index in [1.165, 1.54) is 11.8 Å². The molecule has 29 heavy (non-hydrogen) atoms. The first-order chi connectivity index (χ1) is 14.0. The molecule has 4 aromatic rings. The first kappa shape index (κ1) is 19.3. The average molecular weight is 411 g/mol. The lowest BCUT2D eigenvalue weighted by Gasteiger charge is -2.13. The molecule has 0 saturated carbocycles. The normalized spacial score (nSPS) is 12.5. The van der Waals surface area contributed by atoms with Crippen molar-refractivity contribution in [1.29, 1.82) is 0 Å². The Morgan fingerprint density at radius 3 is 2.86 bits per heavy atom. The molecule has 150 valence electrons. The number of para-hydroxylation sites is 2. The van der Waals surface area contributed by atoms with Crippen LogP contribution in [-0.4, -0.2) is 44.4 Å². The van der Waals surface area contributed by atoms with Crippen LogP contribution in [0, 0.1) is 0 Å². The fraction of sp³-hybridized carbons (Fsp3) is 0.250. The highest BCUT2D eigenvalue weighted by atomic mass is 32.2. The molecule has 8 nitrogen and oxygen atoms in total. The Labute approximate surface area is 170 Å². The van der Waals surface area contributed by atoms with E-state index in [0.29, 0.717) is 29.9 Å². The Kier molecular flexibility index (Phi) is 5.41. The maximum atomic E-state index is 12.7. The van der Waals surface area contributed by atoms with Crippen molar-refractivity contribution < 1.29 is 9.53 Å². The first-order valence-electron chi connectivity index (χ1n) is 9.19. The number of aromatic amines is 2. The van der Waals surface area contributed by atoms with Gasteiger partial charge in [-0.25, -0.2) is 9.78 Å². The summed E-state index contributed by atoms with van der Waals surface area (Å²) >= 11 is 1.40. The van der Waals surface area contributed by atoms with Gasteiger partial charge in [-0.15, -0.1) is 0 Å². The average Bonchev–Trinajstić information content (AvgIpc) is 3.24. The third-order valence-electron chi connectivity index (χ3n) is 4.57. The molecule has 1 unspecified atom stereocenters. The highest BCUT2D eigenvalue weighted by molar-refractivity contribution is 8.00. The van der Waals surface area contributed by atoms with Gasteiger partial charge in [-0.05, 0) is 37.3 Å². The van der Waals surface area contributed by atoms with Gasteiger partial charge in [-0.2, -0.15) is 0 Å². The molecular weight excluding hydrogens is 390 g/mol. The zero-order valence-corrected chi connectivity index (χ0v) is 16.9. The number of hydrogen-bond acceptors (Lipinski definition) is 5. The highest BCUT2D eigenvalue weighted by Crippen LogP contribution is 2.28. The number of aromatic nitrogens is 4. The van der Waals surface area contributed by atoms with E-state index in [1.807, 2.05) is 31.2 Å². The van der Waals surface area contributed by atoms with Gasteiger partial charge in [0, 0.05) is 19.3 Å². The minimum Gasteiger partial charge on any atom is -0.383 e. The molecule has 1 atom stereocenters. The van der Waals surface area contributed by atoms with Gasteiger partial charge in [-0.1, -0.05) is 23.9 Å². The largest absolute Gasteiger partial charge is 0.383 e. The maximum Gasteiger partial charge on any atom is 0.323 e. The number of thioether (sulfide) groups is 1. The number of nitrogens with zero attached hydrogens (tertiary/aromatic N) is 2. The van der Waals surface area contributed by atoms with E-state index in [9.17, 15) is 9.59 Å². The van der Waals surface area contributed by atoms with Crippen molar-refractivity contribution >= 4 is 45.4 Å². The highest BCUT2D eigenvalue weighted by Gasteiger charge is 2.19. The summed E-state index contributed by atoms with van der Waals surface area (Å²) in [5.41, 5.74) is 3.60. The predicted octanol–water partition coefficient (Wildman–Crippen LogP) is 2.97. The molecule has 9 heteroatoms. The lowest BCUT2D eigenvalue weighted by molar-refractivity contribution is -0.115. The molecule has 0 aliphatic rings. The zero-order valence-electron chi connectivity index (χ0n) is 16.1. The Balaban J connectivity index is 1.52. The van der Waals surface area contributed by atoms with Gasteiger partial charge in [0.1, 0.15) is 0 Å². The summed E-state index contributed by atoms with van der Waals surface area (Å²) in [6.07, 6.45) is 0. The number of fused-ring (bicyclic) bond motifs is 2. The molecule has 0 radical (unpaired) electrons. The fourth-order valence-electron chi connectivity index (χ4n) is 3.11.